The molecule has 0 aromatic heterocycles. The summed E-state index contributed by atoms with van der Waals surface area (Å²) in [6.45, 7) is 3.99. The van der Waals surface area contributed by atoms with Gasteiger partial charge in [-0.3, -0.25) is 5.32 Å². The van der Waals surface area contributed by atoms with Crippen molar-refractivity contribution in [2.75, 3.05) is 13.2 Å². The lowest BCUT2D eigenvalue weighted by molar-refractivity contribution is -0.137. The molecule has 0 radical (unpaired) electrons. The summed E-state index contributed by atoms with van der Waals surface area (Å²) in [7, 11) is 0. The Morgan fingerprint density at radius 3 is 2.38 bits per heavy atom. The second-order valence-corrected chi connectivity index (χ2v) is 1.95. The Morgan fingerprint density at radius 2 is 1.85 bits per heavy atom. The van der Waals surface area contributed by atoms with Crippen molar-refractivity contribution in [2.24, 2.45) is 0 Å². The van der Waals surface area contributed by atoms with Crippen LogP contribution in [0.2, 0.25) is 0 Å². The Bertz CT molecular complexity index is 200. The smallest absolute Gasteiger partial charge is 0.411 e. The van der Waals surface area contributed by atoms with Gasteiger partial charge in [-0.15, -0.1) is 0 Å². The number of hydrogen-bond donors (Lipinski definition) is 1. The predicted molar refractivity (Wildman–Crippen MR) is 45.9 cm³/mol. The molecule has 1 N–H and O–H groups in total. The first kappa shape index (κ1) is 11.5. The van der Waals surface area contributed by atoms with E-state index < -0.39 is 12.1 Å². The second kappa shape index (κ2) is 7.15. The van der Waals surface area contributed by atoms with Crippen LogP contribution in [0.1, 0.15) is 13.8 Å². The highest BCUT2D eigenvalue weighted by Crippen LogP contribution is 1.80. The molecule has 0 rings (SSSR count). The first-order chi connectivity index (χ1) is 6.20. The average molecular weight is 187 g/mol. The number of rotatable bonds is 4. The largest absolute Gasteiger partial charge is 0.463 e. The molecule has 0 unspecified atom stereocenters. The van der Waals surface area contributed by atoms with Gasteiger partial charge < -0.3 is 9.47 Å². The molecule has 0 saturated heterocycles. The first-order valence-corrected chi connectivity index (χ1v) is 3.97. The van der Waals surface area contributed by atoms with E-state index in [-0.39, 0.29) is 0 Å². The van der Waals surface area contributed by atoms with Crippen LogP contribution in [0.5, 0.6) is 0 Å². The lowest BCUT2D eigenvalue weighted by Crippen LogP contribution is -2.18. The molecule has 5 nitrogen and oxygen atoms in total. The Morgan fingerprint density at radius 1 is 1.23 bits per heavy atom. The van der Waals surface area contributed by atoms with Gasteiger partial charge in [0, 0.05) is 12.3 Å². The summed E-state index contributed by atoms with van der Waals surface area (Å²) in [5.41, 5.74) is 0. The normalized spacial score (nSPS) is 9.69. The van der Waals surface area contributed by atoms with E-state index >= 15 is 0 Å². The van der Waals surface area contributed by atoms with Crippen molar-refractivity contribution >= 4 is 12.1 Å². The van der Waals surface area contributed by atoms with Crippen LogP contribution in [-0.4, -0.2) is 25.3 Å². The monoisotopic (exact) mass is 187 g/mol. The molecule has 0 aromatic carbocycles. The minimum Gasteiger partial charge on any atom is -0.463 e. The Balaban J connectivity index is 3.61. The van der Waals surface area contributed by atoms with Gasteiger partial charge in [0.1, 0.15) is 0 Å². The van der Waals surface area contributed by atoms with Gasteiger partial charge in [-0.1, -0.05) is 0 Å². The van der Waals surface area contributed by atoms with Gasteiger partial charge in [-0.05, 0) is 13.8 Å². The van der Waals surface area contributed by atoms with Crippen molar-refractivity contribution in [2.45, 2.75) is 13.8 Å². The first-order valence-electron chi connectivity index (χ1n) is 3.97. The summed E-state index contributed by atoms with van der Waals surface area (Å²) in [5, 5.41) is 2.23. The van der Waals surface area contributed by atoms with Crippen molar-refractivity contribution in [1.82, 2.24) is 5.32 Å². The molecule has 0 aliphatic heterocycles. The third-order valence-corrected chi connectivity index (χ3v) is 0.983. The number of carbonyl (C=O) groups is 2. The molecule has 0 aliphatic rings. The zero-order valence-electron chi connectivity index (χ0n) is 7.70. The maximum atomic E-state index is 10.7. The van der Waals surface area contributed by atoms with Crippen molar-refractivity contribution < 1.29 is 19.1 Å². The van der Waals surface area contributed by atoms with Gasteiger partial charge in [0.15, 0.2) is 0 Å². The van der Waals surface area contributed by atoms with E-state index in [0.29, 0.717) is 13.2 Å². The van der Waals surface area contributed by atoms with Gasteiger partial charge in [-0.25, -0.2) is 9.59 Å². The van der Waals surface area contributed by atoms with Crippen LogP contribution in [0, 0.1) is 0 Å². The average Bonchev–Trinajstić information content (AvgIpc) is 2.05. The van der Waals surface area contributed by atoms with Crippen molar-refractivity contribution in [3.63, 3.8) is 0 Å². The molecule has 0 atom stereocenters. The molecule has 0 fully saturated rings. The molecule has 0 bridgehead atoms. The van der Waals surface area contributed by atoms with Crippen molar-refractivity contribution in [3.8, 4) is 0 Å². The number of alkyl carbamates (subject to hydrolysis) is 1. The molecule has 74 valence electrons. The fraction of sp³-hybridized carbons (Fsp3) is 0.500. The second-order valence-electron chi connectivity index (χ2n) is 1.95. The molecule has 13 heavy (non-hydrogen) atoms. The SMILES string of the molecule is CCOC(=O)/C=C/NC(=O)OCC. The van der Waals surface area contributed by atoms with Gasteiger partial charge in [-0.2, -0.15) is 0 Å². The standard InChI is InChI=1S/C8H13NO4/c1-3-12-7(10)5-6-9-8(11)13-4-2/h5-6H,3-4H2,1-2H3,(H,9,11)/b6-5+. The lowest BCUT2D eigenvalue weighted by Gasteiger charge is -1.99. The van der Waals surface area contributed by atoms with Gasteiger partial charge in [0.25, 0.3) is 0 Å². The van der Waals surface area contributed by atoms with E-state index in [1.807, 2.05) is 0 Å². The molecule has 5 heteroatoms. The number of nitrogens with one attached hydrogen (secondary N) is 1. The summed E-state index contributed by atoms with van der Waals surface area (Å²) in [6, 6.07) is 0. The molecular formula is C8H13NO4. The van der Waals surface area contributed by atoms with Crippen molar-refractivity contribution in [3.05, 3.63) is 12.3 Å². The topological polar surface area (TPSA) is 64.6 Å². The summed E-state index contributed by atoms with van der Waals surface area (Å²) in [4.78, 5) is 21.3. The fourth-order valence-electron chi connectivity index (χ4n) is 0.541. The van der Waals surface area contributed by atoms with Gasteiger partial charge in [0.05, 0.1) is 13.2 Å². The molecule has 0 heterocycles. The van der Waals surface area contributed by atoms with Crippen LogP contribution in [0.15, 0.2) is 12.3 Å². The molecular weight excluding hydrogens is 174 g/mol. The van der Waals surface area contributed by atoms with Crippen LogP contribution < -0.4 is 5.32 Å². The van der Waals surface area contributed by atoms with E-state index in [0.717, 1.165) is 6.08 Å². The van der Waals surface area contributed by atoms with E-state index in [4.69, 9.17) is 0 Å². The number of carbonyl (C=O) groups excluding carboxylic acids is 2. The van der Waals surface area contributed by atoms with E-state index in [1.54, 1.807) is 13.8 Å². The van der Waals surface area contributed by atoms with Gasteiger partial charge in [0.2, 0.25) is 0 Å². The summed E-state index contributed by atoms with van der Waals surface area (Å²) < 4.78 is 9.10. The van der Waals surface area contributed by atoms with Crippen LogP contribution in [0.4, 0.5) is 4.79 Å². The number of hydrogen-bond acceptors (Lipinski definition) is 4. The number of ether oxygens (including phenoxy) is 2. The molecule has 0 spiro atoms. The zero-order valence-corrected chi connectivity index (χ0v) is 7.70. The highest BCUT2D eigenvalue weighted by Gasteiger charge is 1.96. The Hall–Kier alpha value is -1.52. The van der Waals surface area contributed by atoms with Crippen LogP contribution >= 0.6 is 0 Å². The molecule has 0 aliphatic carbocycles. The highest BCUT2D eigenvalue weighted by atomic mass is 16.5. The van der Waals surface area contributed by atoms with E-state index in [2.05, 4.69) is 14.8 Å². The van der Waals surface area contributed by atoms with Crippen LogP contribution in [-0.2, 0) is 14.3 Å². The summed E-state index contributed by atoms with van der Waals surface area (Å²) >= 11 is 0. The van der Waals surface area contributed by atoms with Gasteiger partial charge >= 0.3 is 12.1 Å². The molecule has 0 saturated carbocycles. The predicted octanol–water partition coefficient (Wildman–Crippen LogP) is 0.809. The van der Waals surface area contributed by atoms with E-state index in [1.165, 1.54) is 6.20 Å². The van der Waals surface area contributed by atoms with Crippen LogP contribution in [0.3, 0.4) is 0 Å². The minimum atomic E-state index is -0.594. The molecule has 0 aromatic rings. The maximum Gasteiger partial charge on any atom is 0.411 e. The number of esters is 1. The third-order valence-electron chi connectivity index (χ3n) is 0.983. The maximum absolute atomic E-state index is 10.7. The highest BCUT2D eigenvalue weighted by molar-refractivity contribution is 5.82. The zero-order chi connectivity index (χ0) is 10.1. The van der Waals surface area contributed by atoms with E-state index in [9.17, 15) is 9.59 Å². The summed E-state index contributed by atoms with van der Waals surface area (Å²) in [5.74, 6) is -0.501. The van der Waals surface area contributed by atoms with Crippen LogP contribution in [0.25, 0.3) is 0 Å². The molecule has 1 amide bonds. The Kier molecular flexibility index (Phi) is 6.31. The third kappa shape index (κ3) is 6.86. The Labute approximate surface area is 76.7 Å². The van der Waals surface area contributed by atoms with Crippen molar-refractivity contribution in [1.29, 1.82) is 0 Å². The summed E-state index contributed by atoms with van der Waals surface area (Å²) in [6.07, 6.45) is 1.69. The lowest BCUT2D eigenvalue weighted by atomic mass is 10.6. The fourth-order valence-corrected chi connectivity index (χ4v) is 0.541. The quantitative estimate of drug-likeness (QED) is 0.522. The minimum absolute atomic E-state index is 0.291. The number of amides is 1.